The second kappa shape index (κ2) is 9.03. The van der Waals surface area contributed by atoms with Crippen LogP contribution in [0.3, 0.4) is 0 Å². The van der Waals surface area contributed by atoms with Crippen LogP contribution in [-0.2, 0) is 6.42 Å². The molecule has 0 spiro atoms. The number of hydrogen-bond acceptors (Lipinski definition) is 6. The predicted molar refractivity (Wildman–Crippen MR) is 122 cm³/mol. The first kappa shape index (κ1) is 21.1. The van der Waals surface area contributed by atoms with Gasteiger partial charge in [0.25, 0.3) is 0 Å². The summed E-state index contributed by atoms with van der Waals surface area (Å²) in [5, 5.41) is 11.5. The molecule has 7 nitrogen and oxygen atoms in total. The summed E-state index contributed by atoms with van der Waals surface area (Å²) in [6.45, 7) is 3.46. The van der Waals surface area contributed by atoms with Crippen molar-refractivity contribution in [2.75, 3.05) is 25.4 Å². The van der Waals surface area contributed by atoms with E-state index in [-0.39, 0.29) is 17.3 Å². The largest absolute Gasteiger partial charge is 0.383 e. The molecule has 0 aliphatic carbocycles. The Kier molecular flexibility index (Phi) is 5.78. The first-order valence-corrected chi connectivity index (χ1v) is 10.9. The van der Waals surface area contributed by atoms with Gasteiger partial charge in [-0.15, -0.1) is 5.10 Å². The first-order valence-electron chi connectivity index (χ1n) is 10.9. The van der Waals surface area contributed by atoms with Crippen LogP contribution >= 0.6 is 0 Å². The van der Waals surface area contributed by atoms with Gasteiger partial charge in [-0.1, -0.05) is 30.3 Å². The number of likely N-dealkylation sites (tertiary alicyclic amines) is 1. The molecule has 0 atom stereocenters. The maximum Gasteiger partial charge on any atom is 0.190 e. The van der Waals surface area contributed by atoms with E-state index in [9.17, 15) is 8.78 Å². The number of rotatable bonds is 6. The van der Waals surface area contributed by atoms with Gasteiger partial charge in [0.1, 0.15) is 11.5 Å². The average molecular weight is 447 g/mol. The Morgan fingerprint density at radius 1 is 0.970 bits per heavy atom. The lowest BCUT2D eigenvalue weighted by molar-refractivity contribution is 0.343. The van der Waals surface area contributed by atoms with Crippen LogP contribution in [0.2, 0.25) is 0 Å². The number of nitrogen functional groups attached to an aromatic ring is 1. The summed E-state index contributed by atoms with van der Waals surface area (Å²) in [6.07, 6.45) is 5.27. The fourth-order valence-corrected chi connectivity index (χ4v) is 4.14. The molecule has 1 aliphatic heterocycles. The molecule has 2 aromatic carbocycles. The van der Waals surface area contributed by atoms with Gasteiger partial charge in [-0.25, -0.2) is 13.8 Å². The fourth-order valence-electron chi connectivity index (χ4n) is 4.14. The zero-order chi connectivity index (χ0) is 22.8. The molecule has 1 aliphatic rings. The van der Waals surface area contributed by atoms with E-state index in [1.165, 1.54) is 43.6 Å². The summed E-state index contributed by atoms with van der Waals surface area (Å²) in [4.78, 5) is 6.79. The Hall–Kier alpha value is -3.72. The van der Waals surface area contributed by atoms with E-state index in [1.807, 2.05) is 12.1 Å². The van der Waals surface area contributed by atoms with Gasteiger partial charge in [-0.3, -0.25) is 0 Å². The van der Waals surface area contributed by atoms with Crippen LogP contribution in [0.5, 0.6) is 0 Å². The second-order valence-electron chi connectivity index (χ2n) is 8.14. The van der Waals surface area contributed by atoms with Crippen molar-refractivity contribution in [2.24, 2.45) is 0 Å². The molecule has 2 N–H and O–H groups in total. The lowest BCUT2D eigenvalue weighted by Crippen LogP contribution is -2.21. The van der Waals surface area contributed by atoms with Gasteiger partial charge < -0.3 is 10.6 Å². The number of tetrazole rings is 1. The van der Waals surface area contributed by atoms with Crippen LogP contribution in [0.15, 0.2) is 54.7 Å². The minimum Gasteiger partial charge on any atom is -0.383 e. The van der Waals surface area contributed by atoms with Crippen molar-refractivity contribution in [3.63, 3.8) is 0 Å². The van der Waals surface area contributed by atoms with Crippen molar-refractivity contribution in [2.45, 2.75) is 19.3 Å². The Morgan fingerprint density at radius 3 is 2.55 bits per heavy atom. The highest BCUT2D eigenvalue weighted by Gasteiger charge is 2.19. The normalized spacial score (nSPS) is 14.1. The van der Waals surface area contributed by atoms with E-state index < -0.39 is 11.6 Å². The fraction of sp³-hybridized carbons (Fsp3) is 0.250. The van der Waals surface area contributed by atoms with E-state index in [2.05, 4.69) is 37.5 Å². The Bertz CT molecular complexity index is 1260. The van der Waals surface area contributed by atoms with Crippen molar-refractivity contribution in [3.05, 3.63) is 71.9 Å². The minimum atomic E-state index is -1.04. The Balaban J connectivity index is 1.43. The van der Waals surface area contributed by atoms with Gasteiger partial charge in [0.05, 0.1) is 5.56 Å². The second-order valence-corrected chi connectivity index (χ2v) is 8.14. The molecule has 3 heterocycles. The SMILES string of the molecule is Nc1ncc(-c2ccc(CCN3CCCC3)cc2)cc1-c1nnnn1-c1cccc(F)c1F. The maximum atomic E-state index is 14.4. The molecule has 33 heavy (non-hydrogen) atoms. The predicted octanol–water partition coefficient (Wildman–Crippen LogP) is 3.89. The number of hydrogen-bond donors (Lipinski definition) is 1. The third-order valence-electron chi connectivity index (χ3n) is 5.99. The van der Waals surface area contributed by atoms with Crippen LogP contribution in [0, 0.1) is 11.6 Å². The van der Waals surface area contributed by atoms with Gasteiger partial charge in [0, 0.05) is 18.3 Å². The molecule has 0 bridgehead atoms. The van der Waals surface area contributed by atoms with Crippen molar-refractivity contribution in [1.29, 1.82) is 0 Å². The maximum absolute atomic E-state index is 14.4. The molecule has 2 aromatic heterocycles. The van der Waals surface area contributed by atoms with Crippen molar-refractivity contribution < 1.29 is 8.78 Å². The average Bonchev–Trinajstić information content (AvgIpc) is 3.53. The Morgan fingerprint density at radius 2 is 1.76 bits per heavy atom. The molecule has 0 saturated carbocycles. The van der Waals surface area contributed by atoms with Crippen LogP contribution in [0.1, 0.15) is 18.4 Å². The molecule has 1 saturated heterocycles. The van der Waals surface area contributed by atoms with Gasteiger partial charge in [0.2, 0.25) is 0 Å². The molecule has 5 rings (SSSR count). The lowest BCUT2D eigenvalue weighted by Gasteiger charge is -2.14. The molecule has 9 heteroatoms. The number of anilines is 1. The highest BCUT2D eigenvalue weighted by molar-refractivity contribution is 5.76. The molecular weight excluding hydrogens is 424 g/mol. The van der Waals surface area contributed by atoms with E-state index in [0.29, 0.717) is 5.56 Å². The molecule has 4 aromatic rings. The summed E-state index contributed by atoms with van der Waals surface area (Å²) in [5.74, 6) is -1.67. The molecule has 168 valence electrons. The van der Waals surface area contributed by atoms with E-state index in [4.69, 9.17) is 5.73 Å². The number of pyridine rings is 1. The molecular formula is C24H23F2N7. The summed E-state index contributed by atoms with van der Waals surface area (Å²) in [7, 11) is 0. The molecule has 0 unspecified atom stereocenters. The monoisotopic (exact) mass is 447 g/mol. The third kappa shape index (κ3) is 4.31. The van der Waals surface area contributed by atoms with Crippen LogP contribution in [0.4, 0.5) is 14.6 Å². The Labute approximate surface area is 189 Å². The van der Waals surface area contributed by atoms with E-state index in [1.54, 1.807) is 12.3 Å². The first-order chi connectivity index (χ1) is 16.1. The summed E-state index contributed by atoms with van der Waals surface area (Å²) in [6, 6.07) is 14.0. The van der Waals surface area contributed by atoms with Gasteiger partial charge in [-0.2, -0.15) is 4.68 Å². The van der Waals surface area contributed by atoms with Crippen LogP contribution in [-0.4, -0.2) is 49.7 Å². The van der Waals surface area contributed by atoms with Gasteiger partial charge >= 0.3 is 0 Å². The number of aromatic nitrogens is 5. The van der Waals surface area contributed by atoms with E-state index >= 15 is 0 Å². The topological polar surface area (TPSA) is 85.8 Å². The molecule has 0 amide bonds. The summed E-state index contributed by atoms with van der Waals surface area (Å²) in [5.41, 5.74) is 9.48. The number of nitrogens with zero attached hydrogens (tertiary/aromatic N) is 6. The zero-order valence-electron chi connectivity index (χ0n) is 18.0. The summed E-state index contributed by atoms with van der Waals surface area (Å²) < 4.78 is 29.2. The van der Waals surface area contributed by atoms with Gasteiger partial charge in [0.15, 0.2) is 17.5 Å². The highest BCUT2D eigenvalue weighted by atomic mass is 19.2. The smallest absolute Gasteiger partial charge is 0.190 e. The standard InChI is InChI=1S/C24H23F2N7/c25-20-4-3-5-21(22(20)26)33-24(29-30-31-33)19-14-18(15-28-23(19)27)17-8-6-16(7-9-17)10-13-32-11-1-2-12-32/h3-9,14-15H,1-2,10-13H2,(H2,27,28). The van der Waals surface area contributed by atoms with Gasteiger partial charge in [-0.05, 0) is 72.1 Å². The van der Waals surface area contributed by atoms with Crippen LogP contribution < -0.4 is 5.73 Å². The summed E-state index contributed by atoms with van der Waals surface area (Å²) >= 11 is 0. The number of nitrogens with two attached hydrogens (primary N) is 1. The molecule has 1 fully saturated rings. The molecule has 0 radical (unpaired) electrons. The minimum absolute atomic E-state index is 0.109. The van der Waals surface area contributed by atoms with E-state index in [0.717, 1.165) is 34.8 Å². The lowest BCUT2D eigenvalue weighted by atomic mass is 10.0. The van der Waals surface area contributed by atoms with Crippen molar-refractivity contribution in [3.8, 4) is 28.2 Å². The number of benzene rings is 2. The van der Waals surface area contributed by atoms with Crippen molar-refractivity contribution >= 4 is 5.82 Å². The van der Waals surface area contributed by atoms with Crippen LogP contribution in [0.25, 0.3) is 28.2 Å². The zero-order valence-corrected chi connectivity index (χ0v) is 18.0. The third-order valence-corrected chi connectivity index (χ3v) is 5.99. The highest BCUT2D eigenvalue weighted by Crippen LogP contribution is 2.30. The van der Waals surface area contributed by atoms with Crippen molar-refractivity contribution in [1.82, 2.24) is 30.1 Å². The number of halogens is 2. The quantitative estimate of drug-likeness (QED) is 0.483.